The highest BCUT2D eigenvalue weighted by molar-refractivity contribution is 9.10. The Bertz CT molecular complexity index is 533. The summed E-state index contributed by atoms with van der Waals surface area (Å²) in [7, 11) is 0. The molecule has 0 atom stereocenters. The van der Waals surface area contributed by atoms with Crippen molar-refractivity contribution in [3.63, 3.8) is 0 Å². The molecule has 0 heterocycles. The van der Waals surface area contributed by atoms with Crippen molar-refractivity contribution in [1.29, 1.82) is 0 Å². The summed E-state index contributed by atoms with van der Waals surface area (Å²) in [6.07, 6.45) is 0. The van der Waals surface area contributed by atoms with Crippen LogP contribution in [-0.4, -0.2) is 12.4 Å². The summed E-state index contributed by atoms with van der Waals surface area (Å²) in [5.41, 5.74) is 6.69. The van der Waals surface area contributed by atoms with E-state index >= 15 is 0 Å². The highest BCUT2D eigenvalue weighted by Crippen LogP contribution is 2.22. The van der Waals surface area contributed by atoms with E-state index in [-0.39, 0.29) is 0 Å². The zero-order chi connectivity index (χ0) is 13.5. The topological polar surface area (TPSA) is 35.2 Å². The largest absolute Gasteiger partial charge is 0.493 e. The third kappa shape index (κ3) is 4.90. The molecule has 0 spiro atoms. The molecule has 0 unspecified atom stereocenters. The molecule has 0 aliphatic carbocycles. The standard InChI is InChI=1S/C15H16BrNOS/c16-13-4-2-6-15(10-13)19-8-7-18-14-5-1-3-12(9-14)11-17/h1-6,9-10H,7-8,11,17H2. The van der Waals surface area contributed by atoms with E-state index in [1.165, 1.54) is 4.90 Å². The van der Waals surface area contributed by atoms with E-state index in [1.807, 2.05) is 36.4 Å². The lowest BCUT2D eigenvalue weighted by Gasteiger charge is -2.07. The maximum absolute atomic E-state index is 5.71. The number of ether oxygens (including phenoxy) is 1. The van der Waals surface area contributed by atoms with Crippen molar-refractivity contribution in [1.82, 2.24) is 0 Å². The number of rotatable bonds is 6. The molecule has 0 saturated carbocycles. The van der Waals surface area contributed by atoms with Gasteiger partial charge in [-0.25, -0.2) is 0 Å². The Morgan fingerprint density at radius 2 is 1.95 bits per heavy atom. The van der Waals surface area contributed by atoms with Gasteiger partial charge >= 0.3 is 0 Å². The maximum atomic E-state index is 5.71. The van der Waals surface area contributed by atoms with Crippen LogP contribution in [0.15, 0.2) is 57.9 Å². The van der Waals surface area contributed by atoms with Crippen molar-refractivity contribution in [2.24, 2.45) is 5.73 Å². The Hall–Kier alpha value is -0.970. The van der Waals surface area contributed by atoms with E-state index in [0.29, 0.717) is 13.2 Å². The van der Waals surface area contributed by atoms with Gasteiger partial charge in [-0.05, 0) is 35.9 Å². The van der Waals surface area contributed by atoms with Gasteiger partial charge < -0.3 is 10.5 Å². The fourth-order valence-corrected chi connectivity index (χ4v) is 2.98. The molecule has 0 radical (unpaired) electrons. The normalized spacial score (nSPS) is 10.4. The fourth-order valence-electron chi connectivity index (χ4n) is 1.64. The summed E-state index contributed by atoms with van der Waals surface area (Å²) in [5, 5.41) is 0. The minimum atomic E-state index is 0.546. The Morgan fingerprint density at radius 1 is 1.11 bits per heavy atom. The van der Waals surface area contributed by atoms with Crippen LogP contribution < -0.4 is 10.5 Å². The van der Waals surface area contributed by atoms with Gasteiger partial charge in [0.1, 0.15) is 5.75 Å². The van der Waals surface area contributed by atoms with Gasteiger partial charge in [0.15, 0.2) is 0 Å². The molecule has 2 rings (SSSR count). The maximum Gasteiger partial charge on any atom is 0.119 e. The zero-order valence-corrected chi connectivity index (χ0v) is 12.9. The number of hydrogen-bond donors (Lipinski definition) is 1. The van der Waals surface area contributed by atoms with E-state index in [2.05, 4.69) is 28.1 Å². The van der Waals surface area contributed by atoms with Crippen molar-refractivity contribution < 1.29 is 4.74 Å². The van der Waals surface area contributed by atoms with Gasteiger partial charge in [0.25, 0.3) is 0 Å². The van der Waals surface area contributed by atoms with Crippen LogP contribution in [0.25, 0.3) is 0 Å². The van der Waals surface area contributed by atoms with Crippen LogP contribution in [0.5, 0.6) is 5.75 Å². The zero-order valence-electron chi connectivity index (χ0n) is 10.5. The number of thioether (sulfide) groups is 1. The molecular formula is C15H16BrNOS. The molecule has 0 aliphatic rings. The van der Waals surface area contributed by atoms with E-state index < -0.39 is 0 Å². The molecule has 0 aliphatic heterocycles. The SMILES string of the molecule is NCc1cccc(OCCSc2cccc(Br)c2)c1. The van der Waals surface area contributed by atoms with Crippen molar-refractivity contribution in [3.8, 4) is 5.75 Å². The molecule has 4 heteroatoms. The number of benzene rings is 2. The van der Waals surface area contributed by atoms with Crippen molar-refractivity contribution in [3.05, 3.63) is 58.6 Å². The van der Waals surface area contributed by atoms with Gasteiger partial charge in [-0.1, -0.05) is 34.1 Å². The smallest absolute Gasteiger partial charge is 0.119 e. The Morgan fingerprint density at radius 3 is 2.74 bits per heavy atom. The van der Waals surface area contributed by atoms with Gasteiger partial charge in [0.2, 0.25) is 0 Å². The molecule has 2 aromatic carbocycles. The van der Waals surface area contributed by atoms with Crippen LogP contribution in [0.3, 0.4) is 0 Å². The van der Waals surface area contributed by atoms with Crippen molar-refractivity contribution in [2.45, 2.75) is 11.4 Å². The van der Waals surface area contributed by atoms with Crippen LogP contribution in [0.4, 0.5) is 0 Å². The van der Waals surface area contributed by atoms with E-state index in [4.69, 9.17) is 10.5 Å². The molecule has 19 heavy (non-hydrogen) atoms. The summed E-state index contributed by atoms with van der Waals surface area (Å²) < 4.78 is 6.82. The lowest BCUT2D eigenvalue weighted by atomic mass is 10.2. The molecule has 0 amide bonds. The minimum absolute atomic E-state index is 0.546. The second kappa shape index (κ2) is 7.58. The second-order valence-electron chi connectivity index (χ2n) is 4.01. The van der Waals surface area contributed by atoms with E-state index in [9.17, 15) is 0 Å². The van der Waals surface area contributed by atoms with Crippen molar-refractivity contribution >= 4 is 27.7 Å². The average Bonchev–Trinajstić information content (AvgIpc) is 2.44. The first-order valence-electron chi connectivity index (χ1n) is 6.08. The van der Waals surface area contributed by atoms with Gasteiger partial charge in [-0.3, -0.25) is 0 Å². The first-order chi connectivity index (χ1) is 9.28. The first kappa shape index (κ1) is 14.4. The number of halogens is 1. The van der Waals surface area contributed by atoms with E-state index in [1.54, 1.807) is 11.8 Å². The van der Waals surface area contributed by atoms with E-state index in [0.717, 1.165) is 21.5 Å². The molecule has 0 bridgehead atoms. The Kier molecular flexibility index (Phi) is 5.76. The quantitative estimate of drug-likeness (QED) is 0.637. The predicted molar refractivity (Wildman–Crippen MR) is 84.7 cm³/mol. The minimum Gasteiger partial charge on any atom is -0.493 e. The summed E-state index contributed by atoms with van der Waals surface area (Å²) in [6.45, 7) is 1.23. The summed E-state index contributed by atoms with van der Waals surface area (Å²) in [4.78, 5) is 1.24. The van der Waals surface area contributed by atoms with Crippen LogP contribution in [0, 0.1) is 0 Å². The Labute approximate surface area is 126 Å². The van der Waals surface area contributed by atoms with Crippen LogP contribution in [0.1, 0.15) is 5.56 Å². The molecule has 100 valence electrons. The lowest BCUT2D eigenvalue weighted by molar-refractivity contribution is 0.343. The number of hydrogen-bond acceptors (Lipinski definition) is 3. The monoisotopic (exact) mass is 337 g/mol. The van der Waals surface area contributed by atoms with Crippen LogP contribution in [-0.2, 0) is 6.54 Å². The third-order valence-electron chi connectivity index (χ3n) is 2.55. The molecule has 2 N–H and O–H groups in total. The number of nitrogens with two attached hydrogens (primary N) is 1. The van der Waals surface area contributed by atoms with Crippen LogP contribution in [0.2, 0.25) is 0 Å². The lowest BCUT2D eigenvalue weighted by Crippen LogP contribution is -2.01. The molecular weight excluding hydrogens is 322 g/mol. The molecule has 2 nitrogen and oxygen atoms in total. The van der Waals surface area contributed by atoms with Gasteiger partial charge in [-0.2, -0.15) is 0 Å². The van der Waals surface area contributed by atoms with Gasteiger partial charge in [0.05, 0.1) is 6.61 Å². The van der Waals surface area contributed by atoms with Crippen molar-refractivity contribution in [2.75, 3.05) is 12.4 Å². The highest BCUT2D eigenvalue weighted by Gasteiger charge is 1.98. The van der Waals surface area contributed by atoms with Gasteiger partial charge in [-0.15, -0.1) is 11.8 Å². The molecule has 0 fully saturated rings. The fraction of sp³-hybridized carbons (Fsp3) is 0.200. The first-order valence-corrected chi connectivity index (χ1v) is 7.86. The Balaban J connectivity index is 1.77. The summed E-state index contributed by atoms with van der Waals surface area (Å²) in [5.74, 6) is 1.81. The second-order valence-corrected chi connectivity index (χ2v) is 6.09. The third-order valence-corrected chi connectivity index (χ3v) is 4.00. The highest BCUT2D eigenvalue weighted by atomic mass is 79.9. The average molecular weight is 338 g/mol. The summed E-state index contributed by atoms with van der Waals surface area (Å²) >= 11 is 5.25. The molecule has 0 aromatic heterocycles. The summed E-state index contributed by atoms with van der Waals surface area (Å²) in [6, 6.07) is 16.2. The van der Waals surface area contributed by atoms with Crippen LogP contribution >= 0.6 is 27.7 Å². The predicted octanol–water partition coefficient (Wildman–Crippen LogP) is 4.08. The van der Waals surface area contributed by atoms with Gasteiger partial charge in [0, 0.05) is 21.7 Å². The molecule has 0 saturated heterocycles. The molecule has 2 aromatic rings.